The molecule has 0 radical (unpaired) electrons. The van der Waals surface area contributed by atoms with Gasteiger partial charge in [0.05, 0.1) is 13.2 Å². The van der Waals surface area contributed by atoms with Gasteiger partial charge in [-0.25, -0.2) is 24.0 Å². The molecule has 218 valence electrons. The molecule has 0 aliphatic carbocycles. The van der Waals surface area contributed by atoms with Crippen molar-refractivity contribution in [2.45, 2.75) is 6.92 Å². The molecular formula is C24H28ClN3O11S. The number of esters is 1. The Balaban J connectivity index is 0.000000559. The number of amides is 1. The quantitative estimate of drug-likeness (QED) is 0.236. The van der Waals surface area contributed by atoms with Gasteiger partial charge in [-0.3, -0.25) is 9.69 Å². The average molecular weight is 602 g/mol. The minimum atomic E-state index is -1.82. The van der Waals surface area contributed by atoms with Gasteiger partial charge in [0.25, 0.3) is 0 Å². The predicted molar refractivity (Wildman–Crippen MR) is 144 cm³/mol. The lowest BCUT2D eigenvalue weighted by Gasteiger charge is -2.31. The molecule has 3 rings (SSSR count). The Bertz CT molecular complexity index is 1180. The summed E-state index contributed by atoms with van der Waals surface area (Å²) in [6, 6.07) is 7.32. The standard InChI is InChI=1S/C20H24ClN3O3S.2C2H2O4/c1-3-27-20(26)18-15(14-6-4-5-7-16(14)21)13-28-19(18)22-17(25)12-24-10-8-23(2)9-11-24;2*3-1(4)2(5)6/h4-7,13H,3,8-12H2,1-2H3,(H,22,25);2*(H,3,4)(H,5,6). The number of hydrogen-bond acceptors (Lipinski definition) is 10. The molecule has 16 heteroatoms. The van der Waals surface area contributed by atoms with Crippen molar-refractivity contribution in [2.24, 2.45) is 0 Å². The summed E-state index contributed by atoms with van der Waals surface area (Å²) in [6.45, 7) is 5.90. The average Bonchev–Trinajstić information content (AvgIpc) is 3.29. The first kappa shape index (κ1) is 34.0. The number of anilines is 1. The maximum absolute atomic E-state index is 12.6. The highest BCUT2D eigenvalue weighted by Gasteiger charge is 2.25. The molecule has 2 aromatic rings. The van der Waals surface area contributed by atoms with E-state index in [1.165, 1.54) is 11.3 Å². The molecule has 40 heavy (non-hydrogen) atoms. The number of rotatable bonds is 6. The number of carboxylic acid groups (broad SMARTS) is 4. The Morgan fingerprint density at radius 3 is 1.90 bits per heavy atom. The van der Waals surface area contributed by atoms with Gasteiger partial charge < -0.3 is 35.4 Å². The summed E-state index contributed by atoms with van der Waals surface area (Å²) in [5.41, 5.74) is 1.76. The van der Waals surface area contributed by atoms with Gasteiger partial charge in [0.15, 0.2) is 0 Å². The highest BCUT2D eigenvalue weighted by molar-refractivity contribution is 7.15. The summed E-state index contributed by atoms with van der Waals surface area (Å²) in [7, 11) is 2.07. The van der Waals surface area contributed by atoms with E-state index >= 15 is 0 Å². The van der Waals surface area contributed by atoms with Gasteiger partial charge in [0.2, 0.25) is 5.91 Å². The first-order valence-electron chi connectivity index (χ1n) is 11.4. The van der Waals surface area contributed by atoms with Crippen molar-refractivity contribution in [2.75, 3.05) is 51.7 Å². The second-order valence-electron chi connectivity index (χ2n) is 7.90. The van der Waals surface area contributed by atoms with Crippen molar-refractivity contribution in [1.29, 1.82) is 0 Å². The smallest absolute Gasteiger partial charge is 0.414 e. The topological polar surface area (TPSA) is 211 Å². The van der Waals surface area contributed by atoms with Gasteiger partial charge >= 0.3 is 29.8 Å². The molecule has 0 saturated carbocycles. The van der Waals surface area contributed by atoms with E-state index < -0.39 is 29.8 Å². The summed E-state index contributed by atoms with van der Waals surface area (Å²) >= 11 is 7.63. The van der Waals surface area contributed by atoms with Crippen molar-refractivity contribution in [3.05, 3.63) is 40.2 Å². The highest BCUT2D eigenvalue weighted by atomic mass is 35.5. The maximum Gasteiger partial charge on any atom is 0.414 e. The minimum Gasteiger partial charge on any atom is -0.473 e. The highest BCUT2D eigenvalue weighted by Crippen LogP contribution is 2.39. The van der Waals surface area contributed by atoms with Crippen LogP contribution >= 0.6 is 22.9 Å². The number of ether oxygens (including phenoxy) is 1. The van der Waals surface area contributed by atoms with Crippen LogP contribution in [-0.4, -0.2) is 112 Å². The third-order valence-electron chi connectivity index (χ3n) is 5.02. The number of nitrogens with one attached hydrogen (secondary N) is 1. The van der Waals surface area contributed by atoms with E-state index in [9.17, 15) is 9.59 Å². The van der Waals surface area contributed by atoms with Crippen LogP contribution in [0.5, 0.6) is 0 Å². The largest absolute Gasteiger partial charge is 0.473 e. The van der Waals surface area contributed by atoms with Crippen LogP contribution in [-0.2, 0) is 28.7 Å². The number of carbonyl (C=O) groups excluding carboxylic acids is 2. The summed E-state index contributed by atoms with van der Waals surface area (Å²) in [6.07, 6.45) is 0. The van der Waals surface area contributed by atoms with Crippen LogP contribution in [0.4, 0.5) is 5.00 Å². The number of halogens is 1. The molecule has 1 aliphatic rings. The van der Waals surface area contributed by atoms with Gasteiger partial charge in [-0.2, -0.15) is 0 Å². The maximum atomic E-state index is 12.6. The van der Waals surface area contributed by atoms with Crippen molar-refractivity contribution in [3.8, 4) is 11.1 Å². The molecule has 1 fully saturated rings. The van der Waals surface area contributed by atoms with Crippen LogP contribution < -0.4 is 5.32 Å². The van der Waals surface area contributed by atoms with Gasteiger partial charge in [0, 0.05) is 47.7 Å². The SMILES string of the molecule is CCOC(=O)c1c(-c2ccccc2Cl)csc1NC(=O)CN1CCN(C)CC1.O=C(O)C(=O)O.O=C(O)C(=O)O. The second-order valence-corrected chi connectivity index (χ2v) is 9.19. The fourth-order valence-electron chi connectivity index (χ4n) is 3.11. The number of benzene rings is 1. The van der Waals surface area contributed by atoms with Crippen LogP contribution in [0.25, 0.3) is 11.1 Å². The van der Waals surface area contributed by atoms with E-state index in [0.29, 0.717) is 27.7 Å². The summed E-state index contributed by atoms with van der Waals surface area (Å²) in [4.78, 5) is 65.9. The molecule has 1 amide bonds. The zero-order chi connectivity index (χ0) is 30.4. The predicted octanol–water partition coefficient (Wildman–Crippen LogP) is 1.74. The molecule has 0 atom stereocenters. The Labute approximate surface area is 237 Å². The van der Waals surface area contributed by atoms with Gasteiger partial charge in [-0.05, 0) is 20.0 Å². The molecular weight excluding hydrogens is 574 g/mol. The number of piperazine rings is 1. The number of thiophene rings is 1. The van der Waals surface area contributed by atoms with Gasteiger partial charge in [-0.15, -0.1) is 11.3 Å². The number of carbonyl (C=O) groups is 6. The zero-order valence-electron chi connectivity index (χ0n) is 21.5. The summed E-state index contributed by atoms with van der Waals surface area (Å²) in [5, 5.41) is 35.3. The zero-order valence-corrected chi connectivity index (χ0v) is 23.0. The number of aliphatic carboxylic acids is 4. The molecule has 0 spiro atoms. The molecule has 1 aromatic heterocycles. The van der Waals surface area contributed by atoms with Gasteiger partial charge in [-0.1, -0.05) is 29.8 Å². The molecule has 2 heterocycles. The van der Waals surface area contributed by atoms with E-state index in [4.69, 9.17) is 55.9 Å². The van der Waals surface area contributed by atoms with Crippen LogP contribution in [0.1, 0.15) is 17.3 Å². The van der Waals surface area contributed by atoms with E-state index in [-0.39, 0.29) is 12.5 Å². The van der Waals surface area contributed by atoms with E-state index in [0.717, 1.165) is 31.7 Å². The van der Waals surface area contributed by atoms with Crippen LogP contribution in [0.15, 0.2) is 29.6 Å². The van der Waals surface area contributed by atoms with Crippen LogP contribution in [0.3, 0.4) is 0 Å². The molecule has 0 bridgehead atoms. The first-order chi connectivity index (χ1) is 18.8. The fourth-order valence-corrected chi connectivity index (χ4v) is 4.31. The lowest BCUT2D eigenvalue weighted by Crippen LogP contribution is -2.47. The number of nitrogens with zero attached hydrogens (tertiary/aromatic N) is 2. The number of carboxylic acids is 4. The Morgan fingerprint density at radius 1 is 0.900 bits per heavy atom. The van der Waals surface area contributed by atoms with E-state index in [1.807, 2.05) is 23.6 Å². The normalized spacial score (nSPS) is 13.0. The number of hydrogen-bond donors (Lipinski definition) is 5. The van der Waals surface area contributed by atoms with Crippen molar-refractivity contribution in [3.63, 3.8) is 0 Å². The lowest BCUT2D eigenvalue weighted by molar-refractivity contribution is -0.159. The second kappa shape index (κ2) is 16.8. The van der Waals surface area contributed by atoms with Crippen molar-refractivity contribution >= 4 is 63.7 Å². The lowest BCUT2D eigenvalue weighted by atomic mass is 10.0. The fraction of sp³-hybridized carbons (Fsp3) is 0.333. The molecule has 14 nitrogen and oxygen atoms in total. The molecule has 1 aliphatic heterocycles. The third kappa shape index (κ3) is 11.4. The molecule has 5 N–H and O–H groups in total. The van der Waals surface area contributed by atoms with Crippen LogP contribution in [0, 0.1) is 0 Å². The number of likely N-dealkylation sites (N-methyl/N-ethyl adjacent to an activating group) is 1. The Morgan fingerprint density at radius 2 is 1.43 bits per heavy atom. The monoisotopic (exact) mass is 601 g/mol. The molecule has 1 saturated heterocycles. The van der Waals surface area contributed by atoms with E-state index in [2.05, 4.69) is 22.2 Å². The summed E-state index contributed by atoms with van der Waals surface area (Å²) in [5.74, 6) is -7.90. The molecule has 0 unspecified atom stereocenters. The minimum absolute atomic E-state index is 0.136. The Hall–Kier alpha value is -4.05. The van der Waals surface area contributed by atoms with Crippen molar-refractivity contribution < 1.29 is 53.9 Å². The Kier molecular flexibility index (Phi) is 14.3. The van der Waals surface area contributed by atoms with E-state index in [1.54, 1.807) is 13.0 Å². The molecule has 1 aromatic carbocycles. The summed E-state index contributed by atoms with van der Waals surface area (Å²) < 4.78 is 5.23. The van der Waals surface area contributed by atoms with Gasteiger partial charge in [0.1, 0.15) is 10.6 Å². The van der Waals surface area contributed by atoms with Crippen LogP contribution in [0.2, 0.25) is 5.02 Å². The first-order valence-corrected chi connectivity index (χ1v) is 12.7. The third-order valence-corrected chi connectivity index (χ3v) is 6.24. The van der Waals surface area contributed by atoms with Crippen molar-refractivity contribution in [1.82, 2.24) is 9.80 Å².